The Balaban J connectivity index is 1.78. The largest absolute Gasteiger partial charge is 0.379 e. The molecule has 1 aromatic heterocycles. The molecule has 2 aliphatic heterocycles. The van der Waals surface area contributed by atoms with E-state index in [9.17, 15) is 8.42 Å². The van der Waals surface area contributed by atoms with Crippen LogP contribution in [0, 0.1) is 0 Å². The molecule has 8 heteroatoms. The van der Waals surface area contributed by atoms with Crippen LogP contribution < -0.4 is 0 Å². The van der Waals surface area contributed by atoms with Gasteiger partial charge in [0.1, 0.15) is 0 Å². The summed E-state index contributed by atoms with van der Waals surface area (Å²) in [4.78, 5) is 4.51. The Bertz CT molecular complexity index is 796. The summed E-state index contributed by atoms with van der Waals surface area (Å²) < 4.78 is 39.7. The second-order valence-electron chi connectivity index (χ2n) is 5.64. The van der Waals surface area contributed by atoms with Crippen LogP contribution in [-0.4, -0.2) is 56.2 Å². The average Bonchev–Trinajstić information content (AvgIpc) is 3.16. The predicted octanol–water partition coefficient (Wildman–Crippen LogP) is 1.48. The first-order chi connectivity index (χ1) is 10.6. The van der Waals surface area contributed by atoms with Crippen molar-refractivity contribution < 1.29 is 17.9 Å². The van der Waals surface area contributed by atoms with Crippen molar-refractivity contribution in [2.24, 2.45) is 0 Å². The highest BCUT2D eigenvalue weighted by molar-refractivity contribution is 7.89. The van der Waals surface area contributed by atoms with Gasteiger partial charge in [0.2, 0.25) is 10.0 Å². The molecule has 0 radical (unpaired) electrons. The number of nitrogens with zero attached hydrogens (tertiary/aromatic N) is 2. The molecule has 1 atom stereocenters. The molecule has 3 heterocycles. The summed E-state index contributed by atoms with van der Waals surface area (Å²) >= 11 is 1.44. The summed E-state index contributed by atoms with van der Waals surface area (Å²) in [6, 6.07) is 5.11. The van der Waals surface area contributed by atoms with Crippen molar-refractivity contribution in [3.8, 4) is 0 Å². The fourth-order valence-corrected chi connectivity index (χ4v) is 5.70. The molecule has 0 N–H and O–H groups in total. The molecular weight excluding hydrogens is 324 g/mol. The average molecular weight is 340 g/mol. The number of aromatic nitrogens is 1. The van der Waals surface area contributed by atoms with E-state index < -0.39 is 15.6 Å². The predicted molar refractivity (Wildman–Crippen MR) is 82.5 cm³/mol. The third kappa shape index (κ3) is 2.17. The molecule has 2 fully saturated rings. The SMILES string of the molecule is O=S(=O)(c1ccc2ncsc2c1)N1CCOC[C@@]12CCOC2. The highest BCUT2D eigenvalue weighted by Crippen LogP contribution is 2.35. The molecule has 1 aromatic carbocycles. The minimum absolute atomic E-state index is 0.317. The van der Waals surface area contributed by atoms with Crippen LogP contribution >= 0.6 is 11.3 Å². The third-order valence-electron chi connectivity index (χ3n) is 4.31. The summed E-state index contributed by atoms with van der Waals surface area (Å²) in [5, 5.41) is 0. The first kappa shape index (κ1) is 14.5. The van der Waals surface area contributed by atoms with Crippen LogP contribution in [0.25, 0.3) is 10.2 Å². The third-order valence-corrected chi connectivity index (χ3v) is 7.10. The maximum atomic E-state index is 13.1. The smallest absolute Gasteiger partial charge is 0.243 e. The van der Waals surface area contributed by atoms with E-state index in [-0.39, 0.29) is 0 Å². The highest BCUT2D eigenvalue weighted by Gasteiger charge is 2.49. The lowest BCUT2D eigenvalue weighted by Crippen LogP contribution is -2.59. The molecule has 0 unspecified atom stereocenters. The quantitative estimate of drug-likeness (QED) is 0.828. The topological polar surface area (TPSA) is 68.7 Å². The van der Waals surface area contributed by atoms with Gasteiger partial charge in [0.25, 0.3) is 0 Å². The Morgan fingerprint density at radius 3 is 2.82 bits per heavy atom. The lowest BCUT2D eigenvalue weighted by Gasteiger charge is -2.42. The highest BCUT2D eigenvalue weighted by atomic mass is 32.2. The molecule has 0 aliphatic carbocycles. The maximum absolute atomic E-state index is 13.1. The Kier molecular flexibility index (Phi) is 3.46. The first-order valence-corrected chi connectivity index (χ1v) is 9.45. The Morgan fingerprint density at radius 2 is 2.05 bits per heavy atom. The van der Waals surface area contributed by atoms with Gasteiger partial charge in [-0.2, -0.15) is 4.31 Å². The van der Waals surface area contributed by atoms with Gasteiger partial charge >= 0.3 is 0 Å². The van der Waals surface area contributed by atoms with Crippen molar-refractivity contribution in [2.45, 2.75) is 16.9 Å². The van der Waals surface area contributed by atoms with Crippen molar-refractivity contribution in [2.75, 3.05) is 33.0 Å². The van der Waals surface area contributed by atoms with Gasteiger partial charge in [0.15, 0.2) is 0 Å². The zero-order valence-corrected chi connectivity index (χ0v) is 13.5. The van der Waals surface area contributed by atoms with Gasteiger partial charge in [-0.3, -0.25) is 0 Å². The summed E-state index contributed by atoms with van der Waals surface area (Å²) in [6.07, 6.45) is 0.676. The summed E-state index contributed by atoms with van der Waals surface area (Å²) in [6.45, 7) is 2.16. The number of benzene rings is 1. The van der Waals surface area contributed by atoms with Gasteiger partial charge in [-0.15, -0.1) is 11.3 Å². The minimum Gasteiger partial charge on any atom is -0.379 e. The van der Waals surface area contributed by atoms with E-state index in [0.717, 1.165) is 10.2 Å². The molecule has 2 saturated heterocycles. The lowest BCUT2D eigenvalue weighted by atomic mass is 9.99. The van der Waals surface area contributed by atoms with Gasteiger partial charge in [-0.1, -0.05) is 0 Å². The molecule has 4 rings (SSSR count). The zero-order valence-electron chi connectivity index (χ0n) is 11.9. The van der Waals surface area contributed by atoms with Crippen molar-refractivity contribution in [1.82, 2.24) is 9.29 Å². The van der Waals surface area contributed by atoms with E-state index in [1.165, 1.54) is 11.3 Å². The second-order valence-corrected chi connectivity index (χ2v) is 8.39. The van der Waals surface area contributed by atoms with E-state index >= 15 is 0 Å². The number of hydrogen-bond donors (Lipinski definition) is 0. The van der Waals surface area contributed by atoms with Crippen molar-refractivity contribution in [1.29, 1.82) is 0 Å². The molecule has 0 bridgehead atoms. The second kappa shape index (κ2) is 5.24. The monoisotopic (exact) mass is 340 g/mol. The van der Waals surface area contributed by atoms with E-state index in [1.807, 2.05) is 0 Å². The van der Waals surface area contributed by atoms with Crippen molar-refractivity contribution in [3.63, 3.8) is 0 Å². The molecule has 118 valence electrons. The summed E-state index contributed by atoms with van der Waals surface area (Å²) in [5.41, 5.74) is 1.99. The molecule has 0 amide bonds. The van der Waals surface area contributed by atoms with Crippen LogP contribution in [0.4, 0.5) is 0 Å². The number of sulfonamides is 1. The van der Waals surface area contributed by atoms with Crippen molar-refractivity contribution in [3.05, 3.63) is 23.7 Å². The van der Waals surface area contributed by atoms with Gasteiger partial charge in [-0.05, 0) is 24.6 Å². The van der Waals surface area contributed by atoms with Crippen LogP contribution in [0.2, 0.25) is 0 Å². The Hall–Kier alpha value is -1.06. The number of hydrogen-bond acceptors (Lipinski definition) is 6. The molecule has 6 nitrogen and oxygen atoms in total. The van der Waals surface area contributed by atoms with Crippen LogP contribution in [0.1, 0.15) is 6.42 Å². The number of ether oxygens (including phenoxy) is 2. The standard InChI is InChI=1S/C14H16N2O4S2/c17-22(18,11-1-2-12-13(7-11)21-10-15-12)16-4-6-20-9-14(16)3-5-19-8-14/h1-2,7,10H,3-6,8-9H2/t14-/m0/s1. The van der Waals surface area contributed by atoms with E-state index in [4.69, 9.17) is 9.47 Å². The minimum atomic E-state index is -3.57. The molecular formula is C14H16N2O4S2. The first-order valence-electron chi connectivity index (χ1n) is 7.13. The van der Waals surface area contributed by atoms with Crippen LogP contribution in [0.15, 0.2) is 28.6 Å². The number of thiazole rings is 1. The van der Waals surface area contributed by atoms with Crippen LogP contribution in [-0.2, 0) is 19.5 Å². The normalized spacial score (nSPS) is 26.9. The lowest BCUT2D eigenvalue weighted by molar-refractivity contribution is -0.0293. The number of fused-ring (bicyclic) bond motifs is 1. The Labute approximate surface area is 132 Å². The molecule has 1 spiro atoms. The van der Waals surface area contributed by atoms with Gasteiger partial charge in [-0.25, -0.2) is 13.4 Å². The fourth-order valence-electron chi connectivity index (χ4n) is 3.12. The van der Waals surface area contributed by atoms with E-state index in [0.29, 0.717) is 44.3 Å². The number of morpholine rings is 1. The molecule has 2 aromatic rings. The zero-order chi connectivity index (χ0) is 15.2. The van der Waals surface area contributed by atoms with Crippen molar-refractivity contribution >= 4 is 31.6 Å². The van der Waals surface area contributed by atoms with Gasteiger partial charge < -0.3 is 9.47 Å². The van der Waals surface area contributed by atoms with Crippen LogP contribution in [0.5, 0.6) is 0 Å². The van der Waals surface area contributed by atoms with Crippen LogP contribution in [0.3, 0.4) is 0 Å². The molecule has 2 aliphatic rings. The van der Waals surface area contributed by atoms with Gasteiger partial charge in [0.05, 0.1) is 46.0 Å². The fraction of sp³-hybridized carbons (Fsp3) is 0.500. The maximum Gasteiger partial charge on any atom is 0.243 e. The summed E-state index contributed by atoms with van der Waals surface area (Å²) in [5.74, 6) is 0. The number of rotatable bonds is 2. The summed E-state index contributed by atoms with van der Waals surface area (Å²) in [7, 11) is -3.57. The molecule has 22 heavy (non-hydrogen) atoms. The Morgan fingerprint density at radius 1 is 1.23 bits per heavy atom. The van der Waals surface area contributed by atoms with E-state index in [1.54, 1.807) is 28.0 Å². The van der Waals surface area contributed by atoms with E-state index in [2.05, 4.69) is 4.98 Å². The molecule has 0 saturated carbocycles. The van der Waals surface area contributed by atoms with Gasteiger partial charge in [0, 0.05) is 13.2 Å².